The van der Waals surface area contributed by atoms with E-state index in [9.17, 15) is 4.39 Å². The fraction of sp³-hybridized carbons (Fsp3) is 0.300. The summed E-state index contributed by atoms with van der Waals surface area (Å²) in [5.41, 5.74) is 1.83. The Morgan fingerprint density at radius 3 is 2.79 bits per heavy atom. The zero-order valence-electron chi connectivity index (χ0n) is 15.4. The predicted molar refractivity (Wildman–Crippen MR) is 110 cm³/mol. The van der Waals surface area contributed by atoms with E-state index in [0.29, 0.717) is 5.82 Å². The second kappa shape index (κ2) is 8.16. The van der Waals surface area contributed by atoms with E-state index in [0.717, 1.165) is 48.3 Å². The molecule has 1 fully saturated rings. The molecule has 1 aliphatic heterocycles. The fourth-order valence-electron chi connectivity index (χ4n) is 3.30. The third kappa shape index (κ3) is 3.81. The first kappa shape index (κ1) is 18.7. The van der Waals surface area contributed by atoms with Crippen LogP contribution in [0, 0.1) is 5.82 Å². The van der Waals surface area contributed by atoms with Crippen molar-refractivity contribution >= 4 is 39.7 Å². The van der Waals surface area contributed by atoms with Crippen LogP contribution in [0.1, 0.15) is 12.8 Å². The van der Waals surface area contributed by atoms with Gasteiger partial charge in [0.1, 0.15) is 24.0 Å². The molecule has 4 rings (SSSR count). The molecule has 0 bridgehead atoms. The van der Waals surface area contributed by atoms with Gasteiger partial charge in [-0.05, 0) is 50.2 Å². The van der Waals surface area contributed by atoms with E-state index in [1.54, 1.807) is 12.1 Å². The van der Waals surface area contributed by atoms with Crippen molar-refractivity contribution in [2.75, 3.05) is 30.8 Å². The third-order valence-electron chi connectivity index (χ3n) is 4.79. The molecule has 8 heteroatoms. The quantitative estimate of drug-likeness (QED) is 0.590. The van der Waals surface area contributed by atoms with Gasteiger partial charge in [0.05, 0.1) is 21.9 Å². The zero-order valence-corrected chi connectivity index (χ0v) is 16.2. The van der Waals surface area contributed by atoms with Crippen molar-refractivity contribution in [1.29, 1.82) is 0 Å². The summed E-state index contributed by atoms with van der Waals surface area (Å²) >= 11 is 5.89. The summed E-state index contributed by atoms with van der Waals surface area (Å²) in [5.74, 6) is 0.698. The monoisotopic (exact) mass is 401 g/mol. The average Bonchev–Trinajstić information content (AvgIpc) is 2.72. The molecule has 3 N–H and O–H groups in total. The van der Waals surface area contributed by atoms with Gasteiger partial charge in [0.15, 0.2) is 5.82 Å². The maximum absolute atomic E-state index is 14.3. The molecule has 0 radical (unpaired) electrons. The van der Waals surface area contributed by atoms with Crippen molar-refractivity contribution in [1.82, 2.24) is 15.3 Å². The van der Waals surface area contributed by atoms with Crippen LogP contribution >= 0.6 is 11.6 Å². The molecule has 2 aromatic carbocycles. The highest BCUT2D eigenvalue weighted by Gasteiger charge is 2.18. The molecule has 2 heterocycles. The zero-order chi connectivity index (χ0) is 19.5. The van der Waals surface area contributed by atoms with Crippen LogP contribution in [0.2, 0.25) is 5.02 Å². The molecule has 1 aromatic heterocycles. The smallest absolute Gasteiger partial charge is 0.165 e. The van der Waals surface area contributed by atoms with Gasteiger partial charge < -0.3 is 20.7 Å². The van der Waals surface area contributed by atoms with Gasteiger partial charge in [-0.2, -0.15) is 0 Å². The Labute approximate surface area is 167 Å². The van der Waals surface area contributed by atoms with Gasteiger partial charge in [-0.25, -0.2) is 14.4 Å². The summed E-state index contributed by atoms with van der Waals surface area (Å²) in [6.07, 6.45) is 3.49. The average molecular weight is 402 g/mol. The van der Waals surface area contributed by atoms with Gasteiger partial charge in [-0.1, -0.05) is 17.7 Å². The lowest BCUT2D eigenvalue weighted by Crippen LogP contribution is -2.34. The lowest BCUT2D eigenvalue weighted by Gasteiger charge is -2.25. The molecule has 1 saturated heterocycles. The summed E-state index contributed by atoms with van der Waals surface area (Å²) in [7, 11) is 1.85. The molecule has 0 unspecified atom stereocenters. The number of ether oxygens (including phenoxy) is 1. The Hall–Kier alpha value is -2.64. The number of fused-ring (bicyclic) bond motifs is 1. The maximum atomic E-state index is 14.3. The summed E-state index contributed by atoms with van der Waals surface area (Å²) in [5, 5.41) is 10.3. The van der Waals surface area contributed by atoms with Gasteiger partial charge in [-0.15, -0.1) is 0 Å². The first-order chi connectivity index (χ1) is 13.7. The number of hydrogen-bond donors (Lipinski definition) is 3. The van der Waals surface area contributed by atoms with Crippen molar-refractivity contribution < 1.29 is 9.13 Å². The highest BCUT2D eigenvalue weighted by Crippen LogP contribution is 2.35. The Bertz CT molecular complexity index is 994. The molecule has 0 spiro atoms. The van der Waals surface area contributed by atoms with Crippen LogP contribution in [-0.2, 0) is 0 Å². The molecule has 28 heavy (non-hydrogen) atoms. The van der Waals surface area contributed by atoms with Crippen molar-refractivity contribution in [2.24, 2.45) is 0 Å². The minimum Gasteiger partial charge on any atom is -0.488 e. The van der Waals surface area contributed by atoms with Crippen molar-refractivity contribution in [3.63, 3.8) is 0 Å². The van der Waals surface area contributed by atoms with Gasteiger partial charge in [-0.3, -0.25) is 0 Å². The van der Waals surface area contributed by atoms with Crippen molar-refractivity contribution in [2.45, 2.75) is 18.9 Å². The number of aromatic nitrogens is 2. The summed E-state index contributed by atoms with van der Waals surface area (Å²) in [4.78, 5) is 8.64. The van der Waals surface area contributed by atoms with Gasteiger partial charge >= 0.3 is 0 Å². The third-order valence-corrected chi connectivity index (χ3v) is 5.08. The lowest BCUT2D eigenvalue weighted by atomic mass is 10.1. The van der Waals surface area contributed by atoms with E-state index in [1.165, 1.54) is 12.4 Å². The number of benzene rings is 2. The van der Waals surface area contributed by atoms with Crippen LogP contribution in [0.25, 0.3) is 10.9 Å². The van der Waals surface area contributed by atoms with Crippen LogP contribution in [0.15, 0.2) is 36.7 Å². The summed E-state index contributed by atoms with van der Waals surface area (Å²) in [6, 6.07) is 8.61. The molecule has 0 saturated carbocycles. The van der Waals surface area contributed by atoms with Crippen molar-refractivity contribution in [3.05, 3.63) is 47.5 Å². The highest BCUT2D eigenvalue weighted by atomic mass is 35.5. The van der Waals surface area contributed by atoms with Crippen LogP contribution in [0.3, 0.4) is 0 Å². The van der Waals surface area contributed by atoms with Crippen LogP contribution < -0.4 is 20.7 Å². The molecule has 0 atom stereocenters. The predicted octanol–water partition coefficient (Wildman–Crippen LogP) is 4.34. The number of anilines is 3. The van der Waals surface area contributed by atoms with Gasteiger partial charge in [0, 0.05) is 12.4 Å². The Morgan fingerprint density at radius 1 is 1.18 bits per heavy atom. The highest BCUT2D eigenvalue weighted by molar-refractivity contribution is 6.31. The molecule has 1 aliphatic rings. The number of rotatable bonds is 5. The molecule has 6 nitrogen and oxygen atoms in total. The molecular weight excluding hydrogens is 381 g/mol. The SMILES string of the molecule is CNc1cc2ncnc(Nc3cccc(Cl)c3F)c2cc1OC1CCNCC1. The molecule has 0 aliphatic carbocycles. The molecular formula is C20H21ClFN5O. The van der Waals surface area contributed by atoms with Crippen LogP contribution in [0.4, 0.5) is 21.6 Å². The van der Waals surface area contributed by atoms with E-state index in [2.05, 4.69) is 25.9 Å². The minimum absolute atomic E-state index is 0.0516. The molecule has 0 amide bonds. The first-order valence-corrected chi connectivity index (χ1v) is 9.58. The maximum Gasteiger partial charge on any atom is 0.165 e. The second-order valence-electron chi connectivity index (χ2n) is 6.63. The molecule has 3 aromatic rings. The van der Waals surface area contributed by atoms with Crippen LogP contribution in [-0.4, -0.2) is 36.2 Å². The Kier molecular flexibility index (Phi) is 5.45. The Balaban J connectivity index is 1.73. The fourth-order valence-corrected chi connectivity index (χ4v) is 3.47. The largest absolute Gasteiger partial charge is 0.488 e. The van der Waals surface area contributed by atoms with E-state index < -0.39 is 5.82 Å². The Morgan fingerprint density at radius 2 is 2.00 bits per heavy atom. The standard InChI is InChI=1S/C20H21ClFN5O/c1-23-17-10-16-13(9-18(17)28-12-5-7-24-8-6-12)20(26-11-25-16)27-15-4-2-3-14(21)19(15)22/h2-4,9-12,23-24H,5-8H2,1H3,(H,25,26,27). The van der Waals surface area contributed by atoms with Crippen molar-refractivity contribution in [3.8, 4) is 5.75 Å². The topological polar surface area (TPSA) is 71.1 Å². The van der Waals surface area contributed by atoms with E-state index in [1.807, 2.05) is 19.2 Å². The summed E-state index contributed by atoms with van der Waals surface area (Å²) < 4.78 is 20.6. The summed E-state index contributed by atoms with van der Waals surface area (Å²) in [6.45, 7) is 1.88. The number of piperidine rings is 1. The minimum atomic E-state index is -0.519. The lowest BCUT2D eigenvalue weighted by molar-refractivity contribution is 0.163. The first-order valence-electron chi connectivity index (χ1n) is 9.20. The number of halogens is 2. The van der Waals surface area contributed by atoms with E-state index >= 15 is 0 Å². The number of nitrogens with one attached hydrogen (secondary N) is 3. The van der Waals surface area contributed by atoms with Crippen LogP contribution in [0.5, 0.6) is 5.75 Å². The molecule has 146 valence electrons. The van der Waals surface area contributed by atoms with Gasteiger partial charge in [0.25, 0.3) is 0 Å². The second-order valence-corrected chi connectivity index (χ2v) is 7.04. The van der Waals surface area contributed by atoms with E-state index in [-0.39, 0.29) is 16.8 Å². The van der Waals surface area contributed by atoms with E-state index in [4.69, 9.17) is 16.3 Å². The van der Waals surface area contributed by atoms with Gasteiger partial charge in [0.2, 0.25) is 0 Å². The number of nitrogens with zero attached hydrogens (tertiary/aromatic N) is 2. The number of hydrogen-bond acceptors (Lipinski definition) is 6. The normalized spacial score (nSPS) is 14.8.